The van der Waals surface area contributed by atoms with E-state index in [0.717, 1.165) is 17.7 Å². The molecule has 6 heteroatoms. The number of carbonyl (C=O) groups excluding carboxylic acids is 2. The van der Waals surface area contributed by atoms with E-state index in [0.29, 0.717) is 25.5 Å². The molecule has 0 aliphatic heterocycles. The molecular weight excluding hydrogens is 350 g/mol. The molecule has 1 fully saturated rings. The normalized spacial score (nSPS) is 14.7. The lowest BCUT2D eigenvalue weighted by atomic mass is 10.0. The van der Waals surface area contributed by atoms with Crippen molar-refractivity contribution < 1.29 is 18.4 Å². The van der Waals surface area contributed by atoms with Crippen LogP contribution < -0.4 is 5.32 Å². The van der Waals surface area contributed by atoms with Gasteiger partial charge in [0.15, 0.2) is 0 Å². The summed E-state index contributed by atoms with van der Waals surface area (Å²) in [5, 5.41) is 2.45. The van der Waals surface area contributed by atoms with Crippen LogP contribution in [0.2, 0.25) is 0 Å². The first kappa shape index (κ1) is 19.0. The van der Waals surface area contributed by atoms with Gasteiger partial charge in [-0.15, -0.1) is 0 Å². The van der Waals surface area contributed by atoms with Crippen molar-refractivity contribution in [3.8, 4) is 0 Å². The maximum absolute atomic E-state index is 13.8. The van der Waals surface area contributed by atoms with Gasteiger partial charge < -0.3 is 10.2 Å². The van der Waals surface area contributed by atoms with Crippen molar-refractivity contribution in [1.82, 2.24) is 4.90 Å². The van der Waals surface area contributed by atoms with Crippen molar-refractivity contribution in [2.45, 2.75) is 39.3 Å². The van der Waals surface area contributed by atoms with Gasteiger partial charge in [0.05, 0.1) is 5.69 Å². The minimum atomic E-state index is -1.18. The molecule has 0 aromatic heterocycles. The topological polar surface area (TPSA) is 49.4 Å². The SMILES string of the molecule is CC(C)N(Cc1ccccc1)C(=O)C1(C(=O)Nc2ccc(F)cc2F)CC1. The molecule has 142 valence electrons. The highest BCUT2D eigenvalue weighted by Crippen LogP contribution is 2.48. The van der Waals surface area contributed by atoms with Crippen molar-refractivity contribution in [2.75, 3.05) is 5.32 Å². The van der Waals surface area contributed by atoms with E-state index in [2.05, 4.69) is 5.32 Å². The number of rotatable bonds is 6. The lowest BCUT2D eigenvalue weighted by Gasteiger charge is -2.30. The predicted molar refractivity (Wildman–Crippen MR) is 98.8 cm³/mol. The van der Waals surface area contributed by atoms with Crippen LogP contribution >= 0.6 is 0 Å². The largest absolute Gasteiger partial charge is 0.335 e. The second-order valence-electron chi connectivity index (χ2n) is 7.17. The minimum absolute atomic E-state index is 0.0921. The summed E-state index contributed by atoms with van der Waals surface area (Å²) in [5.41, 5.74) is -0.333. The zero-order chi connectivity index (χ0) is 19.6. The smallest absolute Gasteiger partial charge is 0.240 e. The molecule has 3 rings (SSSR count). The Bertz CT molecular complexity index is 849. The molecule has 1 aliphatic carbocycles. The molecule has 1 saturated carbocycles. The first-order chi connectivity index (χ1) is 12.8. The molecule has 1 aliphatic rings. The van der Waals surface area contributed by atoms with Gasteiger partial charge in [0.1, 0.15) is 17.0 Å². The summed E-state index contributed by atoms with van der Waals surface area (Å²) in [5.74, 6) is -2.40. The van der Waals surface area contributed by atoms with Crippen molar-refractivity contribution in [3.63, 3.8) is 0 Å². The molecule has 0 radical (unpaired) electrons. The van der Waals surface area contributed by atoms with Crippen LogP contribution in [0.3, 0.4) is 0 Å². The Morgan fingerprint density at radius 2 is 1.78 bits per heavy atom. The van der Waals surface area contributed by atoms with Gasteiger partial charge in [-0.2, -0.15) is 0 Å². The molecule has 1 N–H and O–H groups in total. The molecule has 0 spiro atoms. The molecule has 0 bridgehead atoms. The fourth-order valence-electron chi connectivity index (χ4n) is 3.04. The van der Waals surface area contributed by atoms with Crippen molar-refractivity contribution >= 4 is 17.5 Å². The van der Waals surface area contributed by atoms with Crippen LogP contribution in [0.4, 0.5) is 14.5 Å². The highest BCUT2D eigenvalue weighted by molar-refractivity contribution is 6.13. The highest BCUT2D eigenvalue weighted by Gasteiger charge is 2.58. The summed E-state index contributed by atoms with van der Waals surface area (Å²) in [6.45, 7) is 4.19. The first-order valence-corrected chi connectivity index (χ1v) is 8.95. The number of hydrogen-bond donors (Lipinski definition) is 1. The number of halogens is 2. The van der Waals surface area contributed by atoms with Gasteiger partial charge in [0, 0.05) is 18.7 Å². The van der Waals surface area contributed by atoms with Crippen molar-refractivity contribution in [2.24, 2.45) is 5.41 Å². The number of hydrogen-bond acceptors (Lipinski definition) is 2. The van der Waals surface area contributed by atoms with Crippen LogP contribution in [0.1, 0.15) is 32.3 Å². The lowest BCUT2D eigenvalue weighted by molar-refractivity contribution is -0.144. The van der Waals surface area contributed by atoms with Crippen LogP contribution in [0.25, 0.3) is 0 Å². The number of nitrogens with zero attached hydrogens (tertiary/aromatic N) is 1. The van der Waals surface area contributed by atoms with E-state index in [1.807, 2.05) is 44.2 Å². The molecule has 0 atom stereocenters. The zero-order valence-corrected chi connectivity index (χ0v) is 15.3. The molecule has 0 unspecified atom stereocenters. The van der Waals surface area contributed by atoms with Gasteiger partial charge in [-0.3, -0.25) is 9.59 Å². The van der Waals surface area contributed by atoms with E-state index < -0.39 is 23.0 Å². The predicted octanol–water partition coefficient (Wildman–Crippen LogP) is 4.12. The third-order valence-corrected chi connectivity index (χ3v) is 4.85. The van der Waals surface area contributed by atoms with Crippen LogP contribution in [-0.4, -0.2) is 22.8 Å². The fourth-order valence-corrected chi connectivity index (χ4v) is 3.04. The fraction of sp³-hybridized carbons (Fsp3) is 0.333. The summed E-state index contributed by atoms with van der Waals surface area (Å²) >= 11 is 0. The van der Waals surface area contributed by atoms with Crippen molar-refractivity contribution in [3.05, 3.63) is 65.7 Å². The van der Waals surface area contributed by atoms with Crippen LogP contribution in [0, 0.1) is 17.0 Å². The lowest BCUT2D eigenvalue weighted by Crippen LogP contribution is -2.45. The van der Waals surface area contributed by atoms with E-state index in [-0.39, 0.29) is 17.6 Å². The van der Waals surface area contributed by atoms with E-state index in [1.165, 1.54) is 0 Å². The number of anilines is 1. The maximum Gasteiger partial charge on any atom is 0.240 e. The Hall–Kier alpha value is -2.76. The molecule has 2 amide bonds. The third-order valence-electron chi connectivity index (χ3n) is 4.85. The van der Waals surface area contributed by atoms with Gasteiger partial charge in [0.2, 0.25) is 11.8 Å². The van der Waals surface area contributed by atoms with E-state index >= 15 is 0 Å². The third kappa shape index (κ3) is 3.99. The Labute approximate surface area is 157 Å². The summed E-state index contributed by atoms with van der Waals surface area (Å²) < 4.78 is 26.9. The molecule has 0 saturated heterocycles. The Kier molecular flexibility index (Phi) is 5.26. The summed E-state index contributed by atoms with van der Waals surface area (Å²) in [7, 11) is 0. The van der Waals surface area contributed by atoms with Crippen LogP contribution in [-0.2, 0) is 16.1 Å². The number of carbonyl (C=O) groups is 2. The summed E-state index contributed by atoms with van der Waals surface area (Å²) in [6, 6.07) is 12.4. The van der Waals surface area contributed by atoms with E-state index in [4.69, 9.17) is 0 Å². The standard InChI is InChI=1S/C21H22F2N2O2/c1-14(2)25(13-15-6-4-3-5-7-15)20(27)21(10-11-21)19(26)24-18-9-8-16(22)12-17(18)23/h3-9,12,14H,10-11,13H2,1-2H3,(H,24,26). The zero-order valence-electron chi connectivity index (χ0n) is 15.3. The quantitative estimate of drug-likeness (QED) is 0.776. The van der Waals surface area contributed by atoms with Gasteiger partial charge in [-0.05, 0) is 44.4 Å². The Morgan fingerprint density at radius 3 is 2.33 bits per heavy atom. The van der Waals surface area contributed by atoms with E-state index in [1.54, 1.807) is 4.90 Å². The second kappa shape index (κ2) is 7.47. The Balaban J connectivity index is 1.78. The Morgan fingerprint density at radius 1 is 1.11 bits per heavy atom. The van der Waals surface area contributed by atoms with Crippen molar-refractivity contribution in [1.29, 1.82) is 0 Å². The van der Waals surface area contributed by atoms with Gasteiger partial charge in [0.25, 0.3) is 0 Å². The molecule has 2 aromatic rings. The maximum atomic E-state index is 13.8. The number of amides is 2. The number of nitrogens with one attached hydrogen (secondary N) is 1. The summed E-state index contributed by atoms with van der Waals surface area (Å²) in [4.78, 5) is 27.6. The molecular formula is C21H22F2N2O2. The van der Waals surface area contributed by atoms with Gasteiger partial charge >= 0.3 is 0 Å². The molecule has 0 heterocycles. The second-order valence-corrected chi connectivity index (χ2v) is 7.17. The monoisotopic (exact) mass is 372 g/mol. The highest BCUT2D eigenvalue weighted by atomic mass is 19.1. The molecule has 2 aromatic carbocycles. The molecule has 4 nitrogen and oxygen atoms in total. The summed E-state index contributed by atoms with van der Waals surface area (Å²) in [6.07, 6.45) is 0.830. The first-order valence-electron chi connectivity index (χ1n) is 8.95. The average Bonchev–Trinajstić information content (AvgIpc) is 3.44. The van der Waals surface area contributed by atoms with E-state index in [9.17, 15) is 18.4 Å². The van der Waals surface area contributed by atoms with Gasteiger partial charge in [-0.1, -0.05) is 30.3 Å². The van der Waals surface area contributed by atoms with Crippen LogP contribution in [0.5, 0.6) is 0 Å². The van der Waals surface area contributed by atoms with Crippen LogP contribution in [0.15, 0.2) is 48.5 Å². The van der Waals surface area contributed by atoms with Gasteiger partial charge in [-0.25, -0.2) is 8.78 Å². The number of benzene rings is 2. The minimum Gasteiger partial charge on any atom is -0.335 e. The molecule has 27 heavy (non-hydrogen) atoms. The average molecular weight is 372 g/mol.